The van der Waals surface area contributed by atoms with Gasteiger partial charge < -0.3 is 10.0 Å². The van der Waals surface area contributed by atoms with E-state index in [-0.39, 0.29) is 12.2 Å². The molecule has 112 valence electrons. The van der Waals surface area contributed by atoms with Crippen molar-refractivity contribution < 1.29 is 14.7 Å². The molecular formula is C17H14BrNO3. The topological polar surface area (TPSA) is 57.6 Å². The van der Waals surface area contributed by atoms with Crippen LogP contribution in [-0.4, -0.2) is 23.8 Å². The summed E-state index contributed by atoms with van der Waals surface area (Å²) in [7, 11) is 1.60. The van der Waals surface area contributed by atoms with Crippen molar-refractivity contribution in [3.05, 3.63) is 64.1 Å². The lowest BCUT2D eigenvalue weighted by Gasteiger charge is -2.21. The van der Waals surface area contributed by atoms with Crippen LogP contribution in [0.5, 0.6) is 0 Å². The Kier molecular flexibility index (Phi) is 3.62. The van der Waals surface area contributed by atoms with Crippen LogP contribution in [0, 0.1) is 0 Å². The molecule has 22 heavy (non-hydrogen) atoms. The van der Waals surface area contributed by atoms with Gasteiger partial charge in [0.25, 0.3) is 5.91 Å². The molecule has 1 atom stereocenters. The van der Waals surface area contributed by atoms with E-state index < -0.39 is 11.5 Å². The van der Waals surface area contributed by atoms with Crippen molar-refractivity contribution in [2.75, 3.05) is 11.9 Å². The molecule has 0 bridgehead atoms. The van der Waals surface area contributed by atoms with Gasteiger partial charge in [-0.3, -0.25) is 9.59 Å². The average Bonchev–Trinajstić information content (AvgIpc) is 2.70. The third-order valence-corrected chi connectivity index (χ3v) is 4.48. The largest absolute Gasteiger partial charge is 0.375 e. The second kappa shape index (κ2) is 5.34. The molecule has 1 amide bonds. The number of carbonyl (C=O) groups excluding carboxylic acids is 2. The lowest BCUT2D eigenvalue weighted by Crippen LogP contribution is -2.40. The van der Waals surface area contributed by atoms with Gasteiger partial charge in [-0.05, 0) is 18.2 Å². The quantitative estimate of drug-likeness (QED) is 0.857. The number of halogens is 1. The van der Waals surface area contributed by atoms with Gasteiger partial charge in [-0.1, -0.05) is 46.3 Å². The molecule has 3 rings (SSSR count). The summed E-state index contributed by atoms with van der Waals surface area (Å²) in [6.07, 6.45) is -0.269. The SMILES string of the molecule is CN1C(=O)C(O)(CC(=O)c2ccc(Br)cc2)c2ccccc21. The highest BCUT2D eigenvalue weighted by Crippen LogP contribution is 2.41. The van der Waals surface area contributed by atoms with E-state index in [4.69, 9.17) is 0 Å². The molecule has 0 radical (unpaired) electrons. The Labute approximate surface area is 136 Å². The van der Waals surface area contributed by atoms with Crippen LogP contribution in [0.1, 0.15) is 22.3 Å². The highest BCUT2D eigenvalue weighted by molar-refractivity contribution is 9.10. The number of likely N-dealkylation sites (N-methyl/N-ethyl adjacent to an activating group) is 1. The van der Waals surface area contributed by atoms with E-state index in [1.54, 1.807) is 55.6 Å². The van der Waals surface area contributed by atoms with E-state index in [9.17, 15) is 14.7 Å². The number of rotatable bonds is 3. The first kappa shape index (κ1) is 14.9. The molecule has 0 saturated carbocycles. The Morgan fingerprint density at radius 2 is 1.82 bits per heavy atom. The number of carbonyl (C=O) groups is 2. The van der Waals surface area contributed by atoms with Gasteiger partial charge in [0.15, 0.2) is 11.4 Å². The van der Waals surface area contributed by atoms with Crippen LogP contribution in [0.25, 0.3) is 0 Å². The molecule has 4 nitrogen and oxygen atoms in total. The number of Topliss-reactive ketones (excluding diaryl/α,β-unsaturated/α-hetero) is 1. The van der Waals surface area contributed by atoms with E-state index in [0.717, 1.165) is 4.47 Å². The fourth-order valence-corrected chi connectivity index (χ4v) is 3.02. The van der Waals surface area contributed by atoms with Crippen LogP contribution >= 0.6 is 15.9 Å². The molecule has 5 heteroatoms. The average molecular weight is 360 g/mol. The third-order valence-electron chi connectivity index (χ3n) is 3.95. The minimum Gasteiger partial charge on any atom is -0.375 e. The molecule has 0 spiro atoms. The maximum atomic E-state index is 12.4. The highest BCUT2D eigenvalue weighted by Gasteiger charge is 2.49. The smallest absolute Gasteiger partial charge is 0.263 e. The van der Waals surface area contributed by atoms with Crippen molar-refractivity contribution >= 4 is 33.3 Å². The van der Waals surface area contributed by atoms with Crippen molar-refractivity contribution in [1.82, 2.24) is 0 Å². The second-order valence-electron chi connectivity index (χ2n) is 5.35. The molecule has 1 aliphatic heterocycles. The summed E-state index contributed by atoms with van der Waals surface area (Å²) in [5.41, 5.74) is -0.210. The molecule has 1 N–H and O–H groups in total. The van der Waals surface area contributed by atoms with Crippen molar-refractivity contribution in [3.8, 4) is 0 Å². The number of nitrogens with zero attached hydrogens (tertiary/aromatic N) is 1. The first-order valence-corrected chi connectivity index (χ1v) is 7.61. The van der Waals surface area contributed by atoms with Gasteiger partial charge >= 0.3 is 0 Å². The van der Waals surface area contributed by atoms with Crippen LogP contribution in [-0.2, 0) is 10.4 Å². The zero-order valence-electron chi connectivity index (χ0n) is 11.9. The summed E-state index contributed by atoms with van der Waals surface area (Å²) >= 11 is 3.31. The van der Waals surface area contributed by atoms with Gasteiger partial charge in [-0.15, -0.1) is 0 Å². The van der Waals surface area contributed by atoms with Crippen LogP contribution in [0.4, 0.5) is 5.69 Å². The number of benzene rings is 2. The normalized spacial score (nSPS) is 20.1. The summed E-state index contributed by atoms with van der Waals surface area (Å²) in [4.78, 5) is 26.2. The van der Waals surface area contributed by atoms with Crippen LogP contribution < -0.4 is 4.90 Å². The Balaban J connectivity index is 1.95. The number of fused-ring (bicyclic) bond motifs is 1. The van der Waals surface area contributed by atoms with E-state index in [1.165, 1.54) is 4.90 Å². The fourth-order valence-electron chi connectivity index (χ4n) is 2.76. The summed E-state index contributed by atoms with van der Waals surface area (Å²) in [5, 5.41) is 10.8. The lowest BCUT2D eigenvalue weighted by atomic mass is 9.88. The van der Waals surface area contributed by atoms with Gasteiger partial charge in [0, 0.05) is 22.6 Å². The maximum absolute atomic E-state index is 12.4. The number of amides is 1. The maximum Gasteiger partial charge on any atom is 0.263 e. The van der Waals surface area contributed by atoms with Crippen molar-refractivity contribution in [3.63, 3.8) is 0 Å². The Morgan fingerprint density at radius 1 is 1.18 bits per heavy atom. The van der Waals surface area contributed by atoms with Gasteiger partial charge in [-0.25, -0.2) is 0 Å². The third kappa shape index (κ3) is 2.26. The van der Waals surface area contributed by atoms with Crippen LogP contribution in [0.15, 0.2) is 53.0 Å². The molecule has 2 aromatic carbocycles. The Hall–Kier alpha value is -1.98. The standard InChI is InChI=1S/C17H14BrNO3/c1-19-14-5-3-2-4-13(14)17(22,16(19)21)10-15(20)11-6-8-12(18)9-7-11/h2-9,22H,10H2,1H3. The highest BCUT2D eigenvalue weighted by atomic mass is 79.9. The Bertz CT molecular complexity index is 757. The lowest BCUT2D eigenvalue weighted by molar-refractivity contribution is -0.135. The molecule has 0 saturated heterocycles. The zero-order valence-corrected chi connectivity index (χ0v) is 13.5. The number of hydrogen-bond donors (Lipinski definition) is 1. The molecule has 0 aromatic heterocycles. The Morgan fingerprint density at radius 3 is 2.50 bits per heavy atom. The van der Waals surface area contributed by atoms with E-state index in [1.807, 2.05) is 0 Å². The molecule has 1 heterocycles. The minimum atomic E-state index is -1.80. The van der Waals surface area contributed by atoms with Crippen molar-refractivity contribution in [1.29, 1.82) is 0 Å². The zero-order chi connectivity index (χ0) is 15.9. The first-order chi connectivity index (χ1) is 10.4. The molecule has 1 unspecified atom stereocenters. The monoisotopic (exact) mass is 359 g/mol. The van der Waals surface area contributed by atoms with E-state index in [0.29, 0.717) is 16.8 Å². The molecule has 1 aliphatic rings. The summed E-state index contributed by atoms with van der Waals surface area (Å²) in [6, 6.07) is 13.9. The van der Waals surface area contributed by atoms with E-state index in [2.05, 4.69) is 15.9 Å². The molecule has 2 aromatic rings. The molecule has 0 aliphatic carbocycles. The predicted octanol–water partition coefficient (Wildman–Crippen LogP) is 2.89. The van der Waals surface area contributed by atoms with Crippen LogP contribution in [0.3, 0.4) is 0 Å². The van der Waals surface area contributed by atoms with Gasteiger partial charge in [0.1, 0.15) is 0 Å². The number of hydrogen-bond acceptors (Lipinski definition) is 3. The second-order valence-corrected chi connectivity index (χ2v) is 6.26. The van der Waals surface area contributed by atoms with Gasteiger partial charge in [0.05, 0.1) is 12.1 Å². The number of ketones is 1. The molecule has 0 fully saturated rings. The number of aliphatic hydroxyl groups is 1. The number of para-hydroxylation sites is 1. The van der Waals surface area contributed by atoms with Gasteiger partial charge in [-0.2, -0.15) is 0 Å². The van der Waals surface area contributed by atoms with E-state index >= 15 is 0 Å². The summed E-state index contributed by atoms with van der Waals surface area (Å²) < 4.78 is 0.866. The minimum absolute atomic E-state index is 0.269. The first-order valence-electron chi connectivity index (χ1n) is 6.82. The predicted molar refractivity (Wildman–Crippen MR) is 86.8 cm³/mol. The summed E-state index contributed by atoms with van der Waals surface area (Å²) in [6.45, 7) is 0. The van der Waals surface area contributed by atoms with Crippen molar-refractivity contribution in [2.24, 2.45) is 0 Å². The van der Waals surface area contributed by atoms with Crippen molar-refractivity contribution in [2.45, 2.75) is 12.0 Å². The molecular weight excluding hydrogens is 346 g/mol. The van der Waals surface area contributed by atoms with Crippen LogP contribution in [0.2, 0.25) is 0 Å². The van der Waals surface area contributed by atoms with Gasteiger partial charge in [0.2, 0.25) is 0 Å². The fraction of sp³-hybridized carbons (Fsp3) is 0.176. The summed E-state index contributed by atoms with van der Waals surface area (Å²) in [5.74, 6) is -0.743. The number of anilines is 1.